The Labute approximate surface area is 202 Å². The van der Waals surface area contributed by atoms with Crippen LogP contribution >= 0.6 is 38.9 Å². The number of amides is 2. The van der Waals surface area contributed by atoms with Gasteiger partial charge in [0, 0.05) is 12.2 Å². The van der Waals surface area contributed by atoms with E-state index < -0.39 is 11.6 Å². The SMILES string of the molecule is N=C1COCCN1c1ccc(NC(=O)C2(NC(=O)Oc3ccc(Br)s3)CCCC2)cc1Cl. The molecule has 2 heterocycles. The van der Waals surface area contributed by atoms with Gasteiger partial charge in [-0.05, 0) is 59.1 Å². The number of thiophene rings is 1. The van der Waals surface area contributed by atoms with Crippen LogP contribution in [-0.4, -0.2) is 43.1 Å². The van der Waals surface area contributed by atoms with Crippen molar-refractivity contribution >= 4 is 68.1 Å². The third-order valence-electron chi connectivity index (χ3n) is 5.50. The molecule has 2 aromatic rings. The molecule has 1 aliphatic carbocycles. The zero-order chi connectivity index (χ0) is 22.7. The molecule has 170 valence electrons. The lowest BCUT2D eigenvalue weighted by molar-refractivity contribution is -0.122. The maximum Gasteiger partial charge on any atom is 0.414 e. The lowest BCUT2D eigenvalue weighted by atomic mass is 9.96. The van der Waals surface area contributed by atoms with Crippen LogP contribution in [0.25, 0.3) is 0 Å². The molecule has 2 aliphatic rings. The summed E-state index contributed by atoms with van der Waals surface area (Å²) in [5, 5.41) is 14.6. The summed E-state index contributed by atoms with van der Waals surface area (Å²) in [4.78, 5) is 27.4. The largest absolute Gasteiger partial charge is 0.414 e. The molecular formula is C21H22BrClN4O4S. The summed E-state index contributed by atoms with van der Waals surface area (Å²) in [6.07, 6.45) is 2.06. The number of carbonyl (C=O) groups is 2. The minimum Gasteiger partial charge on any atom is -0.399 e. The topological polar surface area (TPSA) is 104 Å². The predicted molar refractivity (Wildman–Crippen MR) is 128 cm³/mol. The quantitative estimate of drug-likeness (QED) is 0.493. The van der Waals surface area contributed by atoms with Crippen LogP contribution in [0.5, 0.6) is 5.06 Å². The van der Waals surface area contributed by atoms with Crippen LogP contribution in [0, 0.1) is 5.41 Å². The van der Waals surface area contributed by atoms with Gasteiger partial charge < -0.3 is 25.0 Å². The van der Waals surface area contributed by atoms with Crippen molar-refractivity contribution in [3.8, 4) is 5.06 Å². The number of carbonyl (C=O) groups excluding carboxylic acids is 2. The average Bonchev–Trinajstić information content (AvgIpc) is 3.38. The van der Waals surface area contributed by atoms with Gasteiger partial charge in [-0.15, -0.1) is 0 Å². The van der Waals surface area contributed by atoms with E-state index in [-0.39, 0.29) is 12.5 Å². The molecule has 1 aliphatic heterocycles. The van der Waals surface area contributed by atoms with Crippen molar-refractivity contribution in [2.24, 2.45) is 0 Å². The van der Waals surface area contributed by atoms with Gasteiger partial charge in [0.05, 0.1) is 21.1 Å². The van der Waals surface area contributed by atoms with E-state index in [1.165, 1.54) is 11.3 Å². The molecule has 3 N–H and O–H groups in total. The molecular weight excluding hydrogens is 520 g/mol. The summed E-state index contributed by atoms with van der Waals surface area (Å²) >= 11 is 11.1. The number of hydrogen-bond acceptors (Lipinski definition) is 6. The molecule has 0 spiro atoms. The predicted octanol–water partition coefficient (Wildman–Crippen LogP) is 5.02. The third-order valence-corrected chi connectivity index (χ3v) is 7.30. The minimum absolute atomic E-state index is 0.238. The van der Waals surface area contributed by atoms with Gasteiger partial charge in [0.15, 0.2) is 5.06 Å². The molecule has 8 nitrogen and oxygen atoms in total. The number of benzene rings is 1. The molecule has 32 heavy (non-hydrogen) atoms. The summed E-state index contributed by atoms with van der Waals surface area (Å²) < 4.78 is 11.5. The summed E-state index contributed by atoms with van der Waals surface area (Å²) in [5.41, 5.74) is 0.174. The third kappa shape index (κ3) is 5.09. The number of rotatable bonds is 5. The molecule has 0 unspecified atom stereocenters. The Kier molecular flexibility index (Phi) is 7.04. The number of ether oxygens (including phenoxy) is 2. The number of amidine groups is 1. The highest BCUT2D eigenvalue weighted by Gasteiger charge is 2.43. The van der Waals surface area contributed by atoms with Crippen molar-refractivity contribution in [3.05, 3.63) is 39.1 Å². The van der Waals surface area contributed by atoms with Crippen molar-refractivity contribution in [3.63, 3.8) is 0 Å². The molecule has 0 radical (unpaired) electrons. The van der Waals surface area contributed by atoms with Gasteiger partial charge in [-0.1, -0.05) is 35.8 Å². The van der Waals surface area contributed by atoms with Crippen LogP contribution in [-0.2, 0) is 9.53 Å². The Morgan fingerprint density at radius 1 is 1.25 bits per heavy atom. The fourth-order valence-corrected chi connectivity index (χ4v) is 5.38. The summed E-state index contributed by atoms with van der Waals surface area (Å²) in [6.45, 7) is 1.30. The van der Waals surface area contributed by atoms with Crippen LogP contribution < -0.4 is 20.3 Å². The van der Waals surface area contributed by atoms with Crippen molar-refractivity contribution in [2.45, 2.75) is 31.2 Å². The van der Waals surface area contributed by atoms with Crippen LogP contribution in [0.4, 0.5) is 16.2 Å². The number of nitrogens with zero attached hydrogens (tertiary/aromatic N) is 1. The highest BCUT2D eigenvalue weighted by molar-refractivity contribution is 9.11. The van der Waals surface area contributed by atoms with Gasteiger partial charge in [-0.2, -0.15) is 0 Å². The molecule has 1 saturated heterocycles. The summed E-state index contributed by atoms with van der Waals surface area (Å²) in [6, 6.07) is 8.65. The van der Waals surface area contributed by atoms with Gasteiger partial charge in [0.1, 0.15) is 18.0 Å². The fourth-order valence-electron chi connectivity index (χ4n) is 3.91. The van der Waals surface area contributed by atoms with Gasteiger partial charge >= 0.3 is 6.09 Å². The van der Waals surface area contributed by atoms with Crippen LogP contribution in [0.3, 0.4) is 0 Å². The molecule has 0 bridgehead atoms. The smallest absolute Gasteiger partial charge is 0.399 e. The van der Waals surface area contributed by atoms with E-state index in [9.17, 15) is 9.59 Å². The number of halogens is 2. The molecule has 1 saturated carbocycles. The van der Waals surface area contributed by atoms with Crippen molar-refractivity contribution < 1.29 is 19.1 Å². The monoisotopic (exact) mass is 540 g/mol. The highest BCUT2D eigenvalue weighted by Crippen LogP contribution is 2.34. The average molecular weight is 542 g/mol. The van der Waals surface area contributed by atoms with Crippen molar-refractivity contribution in [1.29, 1.82) is 5.41 Å². The normalized spacial score (nSPS) is 17.8. The van der Waals surface area contributed by atoms with Crippen LogP contribution in [0.15, 0.2) is 34.1 Å². The Hall–Kier alpha value is -2.14. The van der Waals surface area contributed by atoms with Gasteiger partial charge in [-0.25, -0.2) is 4.79 Å². The van der Waals surface area contributed by atoms with E-state index in [4.69, 9.17) is 26.5 Å². The maximum absolute atomic E-state index is 13.2. The lowest BCUT2D eigenvalue weighted by Crippen LogP contribution is -2.55. The molecule has 0 atom stereocenters. The zero-order valence-corrected chi connectivity index (χ0v) is 20.2. The van der Waals surface area contributed by atoms with E-state index in [2.05, 4.69) is 26.6 Å². The first-order valence-electron chi connectivity index (χ1n) is 10.2. The summed E-state index contributed by atoms with van der Waals surface area (Å²) in [5.74, 6) is 0.0302. The van der Waals surface area contributed by atoms with Crippen molar-refractivity contribution in [1.82, 2.24) is 5.32 Å². The Balaban J connectivity index is 1.45. The van der Waals surface area contributed by atoms with Crippen LogP contribution in [0.2, 0.25) is 5.02 Å². The second-order valence-corrected chi connectivity index (χ2v) is 10.5. The van der Waals surface area contributed by atoms with E-state index >= 15 is 0 Å². The minimum atomic E-state index is -1.04. The van der Waals surface area contributed by atoms with E-state index in [1.54, 1.807) is 35.2 Å². The molecule has 4 rings (SSSR count). The van der Waals surface area contributed by atoms with Gasteiger partial charge in [-0.3, -0.25) is 10.2 Å². The molecule has 1 aromatic carbocycles. The molecule has 2 amide bonds. The van der Waals surface area contributed by atoms with Crippen molar-refractivity contribution in [2.75, 3.05) is 30.0 Å². The molecule has 2 fully saturated rings. The second kappa shape index (κ2) is 9.78. The standard InChI is InChI=1S/C21H22BrClN4O4S/c22-16-5-6-18(32-16)31-20(29)26-21(7-1-2-8-21)19(28)25-13-3-4-15(14(23)11-13)27-9-10-30-12-17(27)24/h3-6,11,24H,1-2,7-10,12H2,(H,25,28)(H,26,29). The Morgan fingerprint density at radius 2 is 2.03 bits per heavy atom. The maximum atomic E-state index is 13.2. The van der Waals surface area contributed by atoms with Gasteiger partial charge in [0.25, 0.3) is 0 Å². The number of hydrogen-bond donors (Lipinski definition) is 3. The highest BCUT2D eigenvalue weighted by atomic mass is 79.9. The molecule has 1 aromatic heterocycles. The van der Waals surface area contributed by atoms with E-state index in [0.717, 1.165) is 16.6 Å². The number of morpholine rings is 1. The fraction of sp³-hybridized carbons (Fsp3) is 0.381. The second-order valence-electron chi connectivity index (χ2n) is 7.63. The van der Waals surface area contributed by atoms with E-state index in [0.29, 0.717) is 53.3 Å². The first-order valence-corrected chi connectivity index (χ1v) is 12.1. The summed E-state index contributed by atoms with van der Waals surface area (Å²) in [7, 11) is 0. The first-order chi connectivity index (χ1) is 15.4. The zero-order valence-electron chi connectivity index (χ0n) is 17.1. The lowest BCUT2D eigenvalue weighted by Gasteiger charge is -2.30. The number of nitrogens with one attached hydrogen (secondary N) is 3. The molecule has 11 heteroatoms. The number of anilines is 2. The Bertz CT molecular complexity index is 1040. The van der Waals surface area contributed by atoms with Crippen LogP contribution in [0.1, 0.15) is 25.7 Å². The van der Waals surface area contributed by atoms with Gasteiger partial charge in [0.2, 0.25) is 5.91 Å². The van der Waals surface area contributed by atoms with E-state index in [1.807, 2.05) is 0 Å². The first kappa shape index (κ1) is 23.0. The Morgan fingerprint density at radius 3 is 2.69 bits per heavy atom.